The molecule has 0 atom stereocenters. The van der Waals surface area contributed by atoms with Gasteiger partial charge in [-0.3, -0.25) is 0 Å². The van der Waals surface area contributed by atoms with Gasteiger partial charge in [-0.15, -0.1) is 0 Å². The predicted molar refractivity (Wildman–Crippen MR) is 68.2 cm³/mol. The Morgan fingerprint density at radius 2 is 1.94 bits per heavy atom. The summed E-state index contributed by atoms with van der Waals surface area (Å²) in [5.41, 5.74) is 0.151. The fourth-order valence-electron chi connectivity index (χ4n) is 1.94. The number of halogens is 1. The normalized spacial score (nSPS) is 14.6. The number of carboxylic acid groups (broad SMARTS) is 1. The van der Waals surface area contributed by atoms with E-state index in [4.69, 9.17) is 16.7 Å². The molecule has 0 bridgehead atoms. The monoisotopic (exact) mass is 268 g/mol. The standard InChI is InChI=1S/C12H13ClN2O3/c13-9-5-3-4-8(11(16)17)10(9)14-12(18)15-6-1-2-7-15/h3-5H,1-2,6-7H2,(H,14,18)(H,16,17). The first-order chi connectivity index (χ1) is 8.59. The van der Waals surface area contributed by atoms with Gasteiger partial charge in [0.05, 0.1) is 16.3 Å². The molecule has 1 saturated heterocycles. The first-order valence-corrected chi connectivity index (χ1v) is 6.05. The summed E-state index contributed by atoms with van der Waals surface area (Å²) < 4.78 is 0. The van der Waals surface area contributed by atoms with Crippen molar-refractivity contribution in [2.75, 3.05) is 18.4 Å². The van der Waals surface area contributed by atoms with E-state index in [0.717, 1.165) is 12.8 Å². The van der Waals surface area contributed by atoms with Crippen molar-refractivity contribution in [3.05, 3.63) is 28.8 Å². The van der Waals surface area contributed by atoms with Crippen LogP contribution in [0.5, 0.6) is 0 Å². The maximum absolute atomic E-state index is 11.9. The Morgan fingerprint density at radius 3 is 2.56 bits per heavy atom. The smallest absolute Gasteiger partial charge is 0.337 e. The molecule has 1 fully saturated rings. The van der Waals surface area contributed by atoms with Crippen LogP contribution in [0.3, 0.4) is 0 Å². The number of para-hydroxylation sites is 1. The van der Waals surface area contributed by atoms with E-state index >= 15 is 0 Å². The Labute approximate surface area is 109 Å². The first-order valence-electron chi connectivity index (χ1n) is 5.67. The lowest BCUT2D eigenvalue weighted by Gasteiger charge is -2.17. The number of carboxylic acids is 1. The van der Waals surface area contributed by atoms with Gasteiger partial charge in [0.25, 0.3) is 0 Å². The van der Waals surface area contributed by atoms with Gasteiger partial charge in [0.1, 0.15) is 0 Å². The number of hydrogen-bond acceptors (Lipinski definition) is 2. The molecule has 96 valence electrons. The Bertz CT molecular complexity index is 484. The number of rotatable bonds is 2. The number of hydrogen-bond donors (Lipinski definition) is 2. The third-order valence-corrected chi connectivity index (χ3v) is 3.18. The van der Waals surface area contributed by atoms with Gasteiger partial charge in [-0.25, -0.2) is 9.59 Å². The summed E-state index contributed by atoms with van der Waals surface area (Å²) in [6.07, 6.45) is 1.95. The highest BCUT2D eigenvalue weighted by atomic mass is 35.5. The third-order valence-electron chi connectivity index (χ3n) is 2.87. The van der Waals surface area contributed by atoms with Crippen molar-refractivity contribution in [2.24, 2.45) is 0 Å². The molecule has 2 N–H and O–H groups in total. The van der Waals surface area contributed by atoms with Crippen molar-refractivity contribution >= 4 is 29.3 Å². The van der Waals surface area contributed by atoms with Crippen LogP contribution in [0.25, 0.3) is 0 Å². The second-order valence-corrected chi connectivity index (χ2v) is 4.50. The van der Waals surface area contributed by atoms with E-state index in [1.165, 1.54) is 12.1 Å². The van der Waals surface area contributed by atoms with Crippen LogP contribution < -0.4 is 5.32 Å². The Morgan fingerprint density at radius 1 is 1.28 bits per heavy atom. The lowest BCUT2D eigenvalue weighted by atomic mass is 10.2. The number of likely N-dealkylation sites (tertiary alicyclic amines) is 1. The van der Waals surface area contributed by atoms with Gasteiger partial charge in [0.2, 0.25) is 0 Å². The van der Waals surface area contributed by atoms with E-state index in [-0.39, 0.29) is 22.3 Å². The maximum Gasteiger partial charge on any atom is 0.337 e. The molecule has 1 aromatic rings. The zero-order valence-corrected chi connectivity index (χ0v) is 10.4. The molecule has 18 heavy (non-hydrogen) atoms. The number of anilines is 1. The van der Waals surface area contributed by atoms with Crippen LogP contribution in [0.4, 0.5) is 10.5 Å². The van der Waals surface area contributed by atoms with Crippen LogP contribution in [-0.2, 0) is 0 Å². The first kappa shape index (κ1) is 12.7. The summed E-state index contributed by atoms with van der Waals surface area (Å²) in [6.45, 7) is 1.39. The van der Waals surface area contributed by atoms with Crippen molar-refractivity contribution in [1.29, 1.82) is 0 Å². The fourth-order valence-corrected chi connectivity index (χ4v) is 2.16. The minimum Gasteiger partial charge on any atom is -0.478 e. The van der Waals surface area contributed by atoms with Crippen LogP contribution >= 0.6 is 11.6 Å². The number of carbonyl (C=O) groups is 2. The van der Waals surface area contributed by atoms with Gasteiger partial charge >= 0.3 is 12.0 Å². The molecule has 0 spiro atoms. The predicted octanol–water partition coefficient (Wildman–Crippen LogP) is 2.67. The molecular formula is C12H13ClN2O3. The molecule has 0 aliphatic carbocycles. The SMILES string of the molecule is O=C(O)c1cccc(Cl)c1NC(=O)N1CCCC1. The Hall–Kier alpha value is -1.75. The molecule has 5 nitrogen and oxygen atoms in total. The highest BCUT2D eigenvalue weighted by Crippen LogP contribution is 2.26. The fraction of sp³-hybridized carbons (Fsp3) is 0.333. The maximum atomic E-state index is 11.9. The molecule has 2 amide bonds. The number of carbonyl (C=O) groups excluding carboxylic acids is 1. The van der Waals surface area contributed by atoms with Crippen molar-refractivity contribution in [3.63, 3.8) is 0 Å². The molecule has 1 aromatic carbocycles. The largest absolute Gasteiger partial charge is 0.478 e. The van der Waals surface area contributed by atoms with Gasteiger partial charge in [0.15, 0.2) is 0 Å². The minimum absolute atomic E-state index is 0.00459. The summed E-state index contributed by atoms with van der Waals surface area (Å²) >= 11 is 5.93. The van der Waals surface area contributed by atoms with Gasteiger partial charge in [-0.2, -0.15) is 0 Å². The van der Waals surface area contributed by atoms with E-state index in [2.05, 4.69) is 5.32 Å². The number of urea groups is 1. The number of aromatic carboxylic acids is 1. The second-order valence-electron chi connectivity index (χ2n) is 4.09. The van der Waals surface area contributed by atoms with E-state index in [1.54, 1.807) is 11.0 Å². The molecule has 1 aliphatic rings. The van der Waals surface area contributed by atoms with Gasteiger partial charge in [-0.1, -0.05) is 17.7 Å². The zero-order chi connectivity index (χ0) is 13.1. The lowest BCUT2D eigenvalue weighted by Crippen LogP contribution is -2.32. The molecule has 0 saturated carbocycles. The summed E-state index contributed by atoms with van der Waals surface area (Å²) in [5.74, 6) is -1.12. The van der Waals surface area contributed by atoms with Gasteiger partial charge in [0, 0.05) is 13.1 Å². The average Bonchev–Trinajstić information content (AvgIpc) is 2.85. The van der Waals surface area contributed by atoms with E-state index in [1.807, 2.05) is 0 Å². The van der Waals surface area contributed by atoms with Crippen LogP contribution in [0.1, 0.15) is 23.2 Å². The molecule has 6 heteroatoms. The highest BCUT2D eigenvalue weighted by molar-refractivity contribution is 6.34. The summed E-state index contributed by atoms with van der Waals surface area (Å²) in [5, 5.41) is 11.8. The third kappa shape index (κ3) is 2.56. The van der Waals surface area contributed by atoms with Crippen LogP contribution in [0.15, 0.2) is 18.2 Å². The number of amides is 2. The molecule has 0 aromatic heterocycles. The van der Waals surface area contributed by atoms with E-state index in [0.29, 0.717) is 13.1 Å². The van der Waals surface area contributed by atoms with Crippen molar-refractivity contribution in [1.82, 2.24) is 4.90 Å². The van der Waals surface area contributed by atoms with Crippen LogP contribution in [0.2, 0.25) is 5.02 Å². The Balaban J connectivity index is 2.22. The topological polar surface area (TPSA) is 69.6 Å². The average molecular weight is 269 g/mol. The summed E-state index contributed by atoms with van der Waals surface area (Å²) in [6, 6.07) is 4.20. The number of nitrogens with zero attached hydrogens (tertiary/aromatic N) is 1. The molecule has 0 unspecified atom stereocenters. The molecule has 2 rings (SSSR count). The minimum atomic E-state index is -1.12. The van der Waals surface area contributed by atoms with Gasteiger partial charge < -0.3 is 15.3 Å². The van der Waals surface area contributed by atoms with E-state index in [9.17, 15) is 9.59 Å². The second kappa shape index (κ2) is 5.27. The zero-order valence-electron chi connectivity index (χ0n) is 9.65. The van der Waals surface area contributed by atoms with Crippen molar-refractivity contribution < 1.29 is 14.7 Å². The van der Waals surface area contributed by atoms with Gasteiger partial charge in [-0.05, 0) is 25.0 Å². The summed E-state index contributed by atoms with van der Waals surface area (Å²) in [7, 11) is 0. The number of nitrogens with one attached hydrogen (secondary N) is 1. The highest BCUT2D eigenvalue weighted by Gasteiger charge is 2.21. The molecule has 0 radical (unpaired) electrons. The quantitative estimate of drug-likeness (QED) is 0.866. The molecule has 1 aliphatic heterocycles. The van der Waals surface area contributed by atoms with Crippen molar-refractivity contribution in [2.45, 2.75) is 12.8 Å². The van der Waals surface area contributed by atoms with Crippen LogP contribution in [-0.4, -0.2) is 35.1 Å². The van der Waals surface area contributed by atoms with E-state index < -0.39 is 5.97 Å². The lowest BCUT2D eigenvalue weighted by molar-refractivity contribution is 0.0698. The molecular weight excluding hydrogens is 256 g/mol. The Kier molecular flexibility index (Phi) is 3.72. The van der Waals surface area contributed by atoms with Crippen LogP contribution in [0, 0.1) is 0 Å². The summed E-state index contributed by atoms with van der Waals surface area (Å²) in [4.78, 5) is 24.6. The molecule has 1 heterocycles. The van der Waals surface area contributed by atoms with Crippen molar-refractivity contribution in [3.8, 4) is 0 Å². The number of benzene rings is 1.